The Balaban J connectivity index is 0.00000176. The van der Waals surface area contributed by atoms with Crippen molar-refractivity contribution in [3.63, 3.8) is 0 Å². The lowest BCUT2D eigenvalue weighted by molar-refractivity contribution is -0.384. The topological polar surface area (TPSA) is 133 Å². The minimum Gasteiger partial charge on any atom is -0.491 e. The van der Waals surface area contributed by atoms with Gasteiger partial charge in [0.1, 0.15) is 18.6 Å². The van der Waals surface area contributed by atoms with Crippen LogP contribution in [0.15, 0.2) is 42.9 Å². The van der Waals surface area contributed by atoms with Crippen molar-refractivity contribution < 1.29 is 14.4 Å². The summed E-state index contributed by atoms with van der Waals surface area (Å²) in [6.07, 6.45) is 6.88. The van der Waals surface area contributed by atoms with Crippen LogP contribution in [0.2, 0.25) is 0 Å². The van der Waals surface area contributed by atoms with Gasteiger partial charge in [0, 0.05) is 19.0 Å². The van der Waals surface area contributed by atoms with E-state index in [1.165, 1.54) is 6.20 Å². The lowest BCUT2D eigenvalue weighted by Crippen LogP contribution is -2.31. The number of aromatic nitrogens is 4. The molecule has 2 N–H and O–H groups in total. The van der Waals surface area contributed by atoms with E-state index in [-0.39, 0.29) is 17.5 Å². The van der Waals surface area contributed by atoms with Crippen LogP contribution in [0.5, 0.6) is 5.75 Å². The van der Waals surface area contributed by atoms with Gasteiger partial charge in [-0.05, 0) is 57.2 Å². The number of benzene rings is 1. The van der Waals surface area contributed by atoms with Crippen molar-refractivity contribution in [1.29, 1.82) is 0 Å². The van der Waals surface area contributed by atoms with E-state index < -0.39 is 4.92 Å². The highest BCUT2D eigenvalue weighted by atomic mass is 16.6. The van der Waals surface area contributed by atoms with Gasteiger partial charge in [0.05, 0.1) is 29.5 Å². The number of nitro groups is 1. The van der Waals surface area contributed by atoms with Gasteiger partial charge in [0.25, 0.3) is 0 Å². The highest BCUT2D eigenvalue weighted by molar-refractivity contribution is 5.67. The first kappa shape index (κ1) is 26.8. The molecule has 1 aliphatic rings. The van der Waals surface area contributed by atoms with Crippen molar-refractivity contribution >= 4 is 28.8 Å². The number of likely N-dealkylation sites (tertiary alicyclic amines) is 1. The smallest absolute Gasteiger partial charge is 0.329 e. The third kappa shape index (κ3) is 7.36. The molecule has 0 radical (unpaired) electrons. The third-order valence-electron chi connectivity index (χ3n) is 5.56. The van der Waals surface area contributed by atoms with E-state index in [1.807, 2.05) is 24.7 Å². The van der Waals surface area contributed by atoms with Crippen LogP contribution in [0.1, 0.15) is 32.7 Å². The fourth-order valence-corrected chi connectivity index (χ4v) is 3.67. The van der Waals surface area contributed by atoms with Gasteiger partial charge in [0.2, 0.25) is 11.8 Å². The number of ether oxygens (including phenoxy) is 2. The Morgan fingerprint density at radius 1 is 1.08 bits per heavy atom. The Labute approximate surface area is 210 Å². The van der Waals surface area contributed by atoms with Gasteiger partial charge in [-0.25, -0.2) is 4.98 Å². The molecule has 0 bridgehead atoms. The molecule has 0 atom stereocenters. The monoisotopic (exact) mass is 498 g/mol. The molecule has 0 spiro atoms. The predicted molar refractivity (Wildman–Crippen MR) is 138 cm³/mol. The van der Waals surface area contributed by atoms with Crippen molar-refractivity contribution in [2.24, 2.45) is 0 Å². The molecular formula is C24H34N8O4. The zero-order chi connectivity index (χ0) is 25.9. The van der Waals surface area contributed by atoms with Gasteiger partial charge in [-0.3, -0.25) is 14.8 Å². The normalized spacial score (nSPS) is 14.0. The molecule has 0 amide bonds. The maximum atomic E-state index is 11.5. The van der Waals surface area contributed by atoms with E-state index in [9.17, 15) is 10.1 Å². The van der Waals surface area contributed by atoms with Crippen molar-refractivity contribution in [2.75, 3.05) is 51.1 Å². The molecule has 2 aromatic heterocycles. The Hall–Kier alpha value is -3.77. The van der Waals surface area contributed by atoms with Gasteiger partial charge < -0.3 is 25.0 Å². The second-order valence-corrected chi connectivity index (χ2v) is 8.04. The first-order valence-electron chi connectivity index (χ1n) is 12.0. The average Bonchev–Trinajstić information content (AvgIpc) is 3.35. The molecule has 1 aromatic carbocycles. The molecule has 36 heavy (non-hydrogen) atoms. The number of nitrogens with zero attached hydrogens (tertiary/aromatic N) is 6. The minimum atomic E-state index is -0.521. The Kier molecular flexibility index (Phi) is 9.95. The molecule has 0 aliphatic carbocycles. The fourth-order valence-electron chi connectivity index (χ4n) is 3.67. The van der Waals surface area contributed by atoms with E-state index in [4.69, 9.17) is 9.47 Å². The molecule has 3 aromatic rings. The van der Waals surface area contributed by atoms with Crippen LogP contribution < -0.4 is 15.4 Å². The van der Waals surface area contributed by atoms with E-state index in [0.29, 0.717) is 30.7 Å². The summed E-state index contributed by atoms with van der Waals surface area (Å²) in [5.74, 6) is 0.984. The van der Waals surface area contributed by atoms with Gasteiger partial charge in [-0.1, -0.05) is 13.8 Å². The minimum absolute atomic E-state index is 0.0817. The van der Waals surface area contributed by atoms with E-state index in [0.717, 1.165) is 31.6 Å². The zero-order valence-electron chi connectivity index (χ0n) is 21.2. The lowest BCUT2D eigenvalue weighted by atomic mass is 10.1. The molecule has 4 rings (SSSR count). The van der Waals surface area contributed by atoms with Crippen LogP contribution in [-0.2, 0) is 4.74 Å². The van der Waals surface area contributed by atoms with Crippen LogP contribution in [0.3, 0.4) is 0 Å². The number of hydrogen-bond donors (Lipinski definition) is 2. The van der Waals surface area contributed by atoms with Gasteiger partial charge in [-0.15, -0.1) is 0 Å². The Morgan fingerprint density at radius 3 is 2.47 bits per heavy atom. The van der Waals surface area contributed by atoms with Gasteiger partial charge in [0.15, 0.2) is 0 Å². The molecule has 12 heteroatoms. The second kappa shape index (κ2) is 13.4. The van der Waals surface area contributed by atoms with Gasteiger partial charge in [-0.2, -0.15) is 10.1 Å². The largest absolute Gasteiger partial charge is 0.491 e. The standard InChI is InChI=1S/C22H28N8O4.C2H6/c1-28-9-7-18(8-10-28)29-15-17(13-24-29)26-22-23-14-20(30(31)32)21(27-22)25-16-3-5-19(6-4-16)34-12-11-33-2;1-2/h3-6,13-15,18H,7-12H2,1-2H3,(H2,23,25,26,27);1-2H3. The lowest BCUT2D eigenvalue weighted by Gasteiger charge is -2.28. The number of anilines is 4. The number of rotatable bonds is 10. The van der Waals surface area contributed by atoms with Crippen LogP contribution >= 0.6 is 0 Å². The quantitative estimate of drug-likeness (QED) is 0.236. The summed E-state index contributed by atoms with van der Waals surface area (Å²) in [4.78, 5) is 21.7. The maximum Gasteiger partial charge on any atom is 0.329 e. The molecule has 1 aliphatic heterocycles. The van der Waals surface area contributed by atoms with Crippen molar-refractivity contribution in [2.45, 2.75) is 32.7 Å². The molecule has 1 saturated heterocycles. The van der Waals surface area contributed by atoms with E-state index in [2.05, 4.69) is 37.6 Å². The van der Waals surface area contributed by atoms with Crippen LogP contribution in [0, 0.1) is 10.1 Å². The van der Waals surface area contributed by atoms with E-state index in [1.54, 1.807) is 37.6 Å². The molecule has 194 valence electrons. The first-order chi connectivity index (χ1) is 17.5. The Bertz CT molecular complexity index is 1100. The zero-order valence-corrected chi connectivity index (χ0v) is 21.2. The van der Waals surface area contributed by atoms with Crippen LogP contribution in [-0.4, -0.2) is 70.0 Å². The average molecular weight is 499 g/mol. The SMILES string of the molecule is CC.COCCOc1ccc(Nc2nc(Nc3cnn(C4CCN(C)CC4)c3)ncc2[N+](=O)[O-])cc1. The summed E-state index contributed by atoms with van der Waals surface area (Å²) < 4.78 is 12.5. The summed E-state index contributed by atoms with van der Waals surface area (Å²) in [7, 11) is 3.73. The fraction of sp³-hybridized carbons (Fsp3) is 0.458. The maximum absolute atomic E-state index is 11.5. The summed E-state index contributed by atoms with van der Waals surface area (Å²) in [5, 5.41) is 22.1. The molecule has 0 saturated carbocycles. The van der Waals surface area contributed by atoms with Crippen molar-refractivity contribution in [1.82, 2.24) is 24.6 Å². The molecule has 0 unspecified atom stereocenters. The number of methoxy groups -OCH3 is 1. The first-order valence-corrected chi connectivity index (χ1v) is 12.0. The summed E-state index contributed by atoms with van der Waals surface area (Å²) in [5.41, 5.74) is 1.12. The van der Waals surface area contributed by atoms with Crippen molar-refractivity contribution in [3.8, 4) is 5.75 Å². The number of piperidine rings is 1. The summed E-state index contributed by atoms with van der Waals surface area (Å²) >= 11 is 0. The Morgan fingerprint density at radius 2 is 1.81 bits per heavy atom. The summed E-state index contributed by atoms with van der Waals surface area (Å²) in [6.45, 7) is 6.99. The molecule has 3 heterocycles. The highest BCUT2D eigenvalue weighted by Crippen LogP contribution is 2.28. The molecular weight excluding hydrogens is 464 g/mol. The predicted octanol–water partition coefficient (Wildman–Crippen LogP) is 4.39. The molecule has 12 nitrogen and oxygen atoms in total. The highest BCUT2D eigenvalue weighted by Gasteiger charge is 2.20. The third-order valence-corrected chi connectivity index (χ3v) is 5.56. The van der Waals surface area contributed by atoms with Crippen LogP contribution in [0.4, 0.5) is 28.8 Å². The molecule has 1 fully saturated rings. The number of nitrogens with one attached hydrogen (secondary N) is 2. The second-order valence-electron chi connectivity index (χ2n) is 8.04. The van der Waals surface area contributed by atoms with E-state index >= 15 is 0 Å². The number of hydrogen-bond acceptors (Lipinski definition) is 10. The summed E-state index contributed by atoms with van der Waals surface area (Å²) in [6, 6.07) is 7.39. The van der Waals surface area contributed by atoms with Crippen molar-refractivity contribution in [3.05, 3.63) is 53.0 Å². The van der Waals surface area contributed by atoms with Gasteiger partial charge >= 0.3 is 5.69 Å². The van der Waals surface area contributed by atoms with Crippen LogP contribution in [0.25, 0.3) is 0 Å².